The van der Waals surface area contributed by atoms with Gasteiger partial charge in [-0.25, -0.2) is 4.98 Å². The molecule has 1 aliphatic carbocycles. The monoisotopic (exact) mass is 278 g/mol. The molecular weight excluding hydrogens is 252 g/mol. The average Bonchev–Trinajstić information content (AvgIpc) is 2.52. The van der Waals surface area contributed by atoms with Crippen molar-refractivity contribution in [3.8, 4) is 5.88 Å². The molecule has 2 rings (SSSR count). The number of nitrogens with zero attached hydrogens (tertiary/aromatic N) is 3. The van der Waals surface area contributed by atoms with Crippen LogP contribution in [0.4, 0.5) is 5.95 Å². The van der Waals surface area contributed by atoms with Crippen molar-refractivity contribution in [2.75, 3.05) is 24.6 Å². The average molecular weight is 278 g/mol. The Hall–Kier alpha value is -1.36. The third-order valence-corrected chi connectivity index (χ3v) is 3.71. The summed E-state index contributed by atoms with van der Waals surface area (Å²) in [6.45, 7) is 4.21. The Balaban J connectivity index is 2.10. The summed E-state index contributed by atoms with van der Waals surface area (Å²) in [6.07, 6.45) is 9.10. The Morgan fingerprint density at radius 1 is 1.35 bits per heavy atom. The van der Waals surface area contributed by atoms with Crippen LogP contribution in [0.25, 0.3) is 0 Å². The molecule has 1 heterocycles. The molecule has 20 heavy (non-hydrogen) atoms. The predicted molar refractivity (Wildman–Crippen MR) is 81.1 cm³/mol. The van der Waals surface area contributed by atoms with Crippen LogP contribution >= 0.6 is 0 Å². The van der Waals surface area contributed by atoms with E-state index in [1.807, 2.05) is 6.07 Å². The van der Waals surface area contributed by atoms with Crippen molar-refractivity contribution in [2.24, 2.45) is 5.73 Å². The number of anilines is 1. The SMILES string of the molecule is CCCOc1ccnc(N(CCN)C2CCCCC2)n1. The van der Waals surface area contributed by atoms with E-state index in [1.165, 1.54) is 32.1 Å². The van der Waals surface area contributed by atoms with E-state index in [0.717, 1.165) is 18.9 Å². The standard InChI is InChI=1S/C15H26N4O/c1-2-12-20-14-8-10-17-15(18-14)19(11-9-16)13-6-4-3-5-7-13/h8,10,13H,2-7,9,11-12,16H2,1H3. The van der Waals surface area contributed by atoms with Gasteiger partial charge in [0.05, 0.1) is 6.61 Å². The summed E-state index contributed by atoms with van der Waals surface area (Å²) < 4.78 is 5.60. The van der Waals surface area contributed by atoms with Crippen molar-refractivity contribution in [2.45, 2.75) is 51.5 Å². The van der Waals surface area contributed by atoms with Crippen molar-refractivity contribution in [3.63, 3.8) is 0 Å². The molecule has 0 saturated heterocycles. The van der Waals surface area contributed by atoms with Crippen LogP contribution in [0.2, 0.25) is 0 Å². The summed E-state index contributed by atoms with van der Waals surface area (Å²) in [5, 5.41) is 0. The topological polar surface area (TPSA) is 64.3 Å². The Morgan fingerprint density at radius 3 is 2.85 bits per heavy atom. The molecule has 1 aromatic heterocycles. The van der Waals surface area contributed by atoms with Gasteiger partial charge in [0, 0.05) is 31.4 Å². The Kier molecular flexibility index (Phi) is 6.05. The van der Waals surface area contributed by atoms with E-state index in [4.69, 9.17) is 10.5 Å². The second-order valence-electron chi connectivity index (χ2n) is 5.32. The molecule has 0 spiro atoms. The Labute approximate surface area is 121 Å². The Morgan fingerprint density at radius 2 is 2.15 bits per heavy atom. The minimum atomic E-state index is 0.522. The van der Waals surface area contributed by atoms with Gasteiger partial charge in [-0.15, -0.1) is 0 Å². The number of hydrogen-bond donors (Lipinski definition) is 1. The van der Waals surface area contributed by atoms with Gasteiger partial charge in [-0.3, -0.25) is 0 Å². The third kappa shape index (κ3) is 4.07. The number of hydrogen-bond acceptors (Lipinski definition) is 5. The third-order valence-electron chi connectivity index (χ3n) is 3.71. The fourth-order valence-corrected chi connectivity index (χ4v) is 2.74. The van der Waals surface area contributed by atoms with E-state index < -0.39 is 0 Å². The van der Waals surface area contributed by atoms with Gasteiger partial charge in [0.2, 0.25) is 11.8 Å². The van der Waals surface area contributed by atoms with Crippen LogP contribution in [0, 0.1) is 0 Å². The molecule has 0 bridgehead atoms. The summed E-state index contributed by atoms with van der Waals surface area (Å²) >= 11 is 0. The van der Waals surface area contributed by atoms with Crippen LogP contribution in [0.15, 0.2) is 12.3 Å². The lowest BCUT2D eigenvalue weighted by Gasteiger charge is -2.34. The van der Waals surface area contributed by atoms with E-state index in [1.54, 1.807) is 6.20 Å². The zero-order chi connectivity index (χ0) is 14.2. The van der Waals surface area contributed by atoms with Gasteiger partial charge < -0.3 is 15.4 Å². The van der Waals surface area contributed by atoms with Crippen molar-refractivity contribution in [3.05, 3.63) is 12.3 Å². The number of aromatic nitrogens is 2. The maximum absolute atomic E-state index is 5.76. The first-order valence-corrected chi connectivity index (χ1v) is 7.77. The molecule has 112 valence electrons. The quantitative estimate of drug-likeness (QED) is 0.829. The molecule has 1 aromatic rings. The number of nitrogens with two attached hydrogens (primary N) is 1. The molecule has 0 aliphatic heterocycles. The maximum atomic E-state index is 5.76. The molecule has 5 heteroatoms. The van der Waals surface area contributed by atoms with Crippen LogP contribution in [0.1, 0.15) is 45.4 Å². The van der Waals surface area contributed by atoms with Crippen molar-refractivity contribution in [1.29, 1.82) is 0 Å². The van der Waals surface area contributed by atoms with Gasteiger partial charge in [0.25, 0.3) is 0 Å². The highest BCUT2D eigenvalue weighted by atomic mass is 16.5. The molecule has 0 atom stereocenters. The molecule has 1 aliphatic rings. The number of ether oxygens (including phenoxy) is 1. The van der Waals surface area contributed by atoms with Gasteiger partial charge in [-0.2, -0.15) is 4.98 Å². The summed E-state index contributed by atoms with van der Waals surface area (Å²) in [4.78, 5) is 11.2. The first-order chi connectivity index (χ1) is 9.85. The van der Waals surface area contributed by atoms with Gasteiger partial charge in [0.1, 0.15) is 0 Å². The van der Waals surface area contributed by atoms with E-state index >= 15 is 0 Å². The first kappa shape index (κ1) is 15.0. The molecule has 5 nitrogen and oxygen atoms in total. The zero-order valence-electron chi connectivity index (χ0n) is 12.4. The first-order valence-electron chi connectivity index (χ1n) is 7.77. The minimum Gasteiger partial charge on any atom is -0.478 e. The van der Waals surface area contributed by atoms with Gasteiger partial charge in [0.15, 0.2) is 0 Å². The molecule has 1 fully saturated rings. The highest BCUT2D eigenvalue weighted by Crippen LogP contribution is 2.25. The van der Waals surface area contributed by atoms with Crippen molar-refractivity contribution in [1.82, 2.24) is 9.97 Å². The van der Waals surface area contributed by atoms with Crippen molar-refractivity contribution >= 4 is 5.95 Å². The fourth-order valence-electron chi connectivity index (χ4n) is 2.74. The second kappa shape index (κ2) is 8.04. The van der Waals surface area contributed by atoms with E-state index in [0.29, 0.717) is 25.1 Å². The van der Waals surface area contributed by atoms with Crippen LogP contribution < -0.4 is 15.4 Å². The van der Waals surface area contributed by atoms with Crippen LogP contribution in [-0.2, 0) is 0 Å². The maximum Gasteiger partial charge on any atom is 0.228 e. The van der Waals surface area contributed by atoms with Crippen molar-refractivity contribution < 1.29 is 4.74 Å². The lowest BCUT2D eigenvalue weighted by molar-refractivity contribution is 0.304. The predicted octanol–water partition coefficient (Wildman–Crippen LogP) is 2.36. The summed E-state index contributed by atoms with van der Waals surface area (Å²) in [7, 11) is 0. The van der Waals surface area contributed by atoms with Crippen LogP contribution in [0.5, 0.6) is 5.88 Å². The molecule has 2 N–H and O–H groups in total. The summed E-state index contributed by atoms with van der Waals surface area (Å²) in [6, 6.07) is 2.34. The lowest BCUT2D eigenvalue weighted by Crippen LogP contribution is -2.41. The Bertz CT molecular complexity index is 393. The lowest BCUT2D eigenvalue weighted by atomic mass is 9.94. The summed E-state index contributed by atoms with van der Waals surface area (Å²) in [5.41, 5.74) is 5.76. The summed E-state index contributed by atoms with van der Waals surface area (Å²) in [5.74, 6) is 1.42. The minimum absolute atomic E-state index is 0.522. The zero-order valence-corrected chi connectivity index (χ0v) is 12.4. The molecule has 0 radical (unpaired) electrons. The highest BCUT2D eigenvalue weighted by Gasteiger charge is 2.23. The van der Waals surface area contributed by atoms with Gasteiger partial charge in [-0.05, 0) is 19.3 Å². The molecule has 0 aromatic carbocycles. The largest absolute Gasteiger partial charge is 0.478 e. The van der Waals surface area contributed by atoms with Gasteiger partial charge in [-0.1, -0.05) is 26.2 Å². The van der Waals surface area contributed by atoms with Gasteiger partial charge >= 0.3 is 0 Å². The van der Waals surface area contributed by atoms with E-state index in [9.17, 15) is 0 Å². The van der Waals surface area contributed by atoms with Crippen LogP contribution in [-0.4, -0.2) is 35.7 Å². The number of rotatable bonds is 7. The smallest absolute Gasteiger partial charge is 0.228 e. The van der Waals surface area contributed by atoms with E-state index in [-0.39, 0.29) is 0 Å². The second-order valence-corrected chi connectivity index (χ2v) is 5.32. The molecule has 0 amide bonds. The molecule has 1 saturated carbocycles. The highest BCUT2D eigenvalue weighted by molar-refractivity contribution is 5.34. The fraction of sp³-hybridized carbons (Fsp3) is 0.733. The molecule has 0 unspecified atom stereocenters. The van der Waals surface area contributed by atoms with Crippen LogP contribution in [0.3, 0.4) is 0 Å². The molecular formula is C15H26N4O. The van der Waals surface area contributed by atoms with E-state index in [2.05, 4.69) is 21.8 Å². The normalized spacial score (nSPS) is 16.1.